The van der Waals surface area contributed by atoms with Gasteiger partial charge in [-0.3, -0.25) is 4.90 Å². The molecule has 0 amide bonds. The molecule has 1 saturated heterocycles. The Morgan fingerprint density at radius 1 is 0.880 bits per heavy atom. The lowest BCUT2D eigenvalue weighted by atomic mass is 10.1. The minimum absolute atomic E-state index is 0.967. The van der Waals surface area contributed by atoms with Gasteiger partial charge in [-0.05, 0) is 30.7 Å². The minimum Gasteiger partial charge on any atom is -0.369 e. The van der Waals surface area contributed by atoms with Crippen molar-refractivity contribution in [1.82, 2.24) is 14.7 Å². The third-order valence-electron chi connectivity index (χ3n) is 4.89. The minimum atomic E-state index is 0.967. The Morgan fingerprint density at radius 2 is 1.60 bits per heavy atom. The molecule has 0 saturated carbocycles. The van der Waals surface area contributed by atoms with Gasteiger partial charge < -0.3 is 4.90 Å². The van der Waals surface area contributed by atoms with E-state index in [9.17, 15) is 0 Å². The van der Waals surface area contributed by atoms with Crippen LogP contribution >= 0.6 is 0 Å². The van der Waals surface area contributed by atoms with Gasteiger partial charge in [0.1, 0.15) is 0 Å². The van der Waals surface area contributed by atoms with Crippen molar-refractivity contribution in [3.8, 4) is 5.69 Å². The smallest absolute Gasteiger partial charge is 0.0645 e. The standard InChI is InChI=1S/C21H24N4/c1-18-7-5-6-10-21(18)24-13-11-23(12-14-24)16-19-15-22-25(17-19)20-8-3-2-4-9-20/h2-10,15,17H,11-14,16H2,1H3. The molecule has 0 spiro atoms. The molecule has 4 nitrogen and oxygen atoms in total. The highest BCUT2D eigenvalue weighted by atomic mass is 15.3. The number of para-hydroxylation sites is 2. The number of hydrogen-bond donors (Lipinski definition) is 0. The van der Waals surface area contributed by atoms with Gasteiger partial charge in [-0.1, -0.05) is 36.4 Å². The number of anilines is 1. The van der Waals surface area contributed by atoms with Gasteiger partial charge in [-0.25, -0.2) is 4.68 Å². The van der Waals surface area contributed by atoms with Gasteiger partial charge in [-0.2, -0.15) is 5.10 Å². The first-order chi connectivity index (χ1) is 12.3. The van der Waals surface area contributed by atoms with Gasteiger partial charge in [0, 0.05) is 50.2 Å². The SMILES string of the molecule is Cc1ccccc1N1CCN(Cc2cnn(-c3ccccc3)c2)CC1. The second kappa shape index (κ2) is 7.11. The Morgan fingerprint density at radius 3 is 2.36 bits per heavy atom. The van der Waals surface area contributed by atoms with Gasteiger partial charge in [0.15, 0.2) is 0 Å². The summed E-state index contributed by atoms with van der Waals surface area (Å²) in [5.74, 6) is 0. The lowest BCUT2D eigenvalue weighted by Gasteiger charge is -2.36. The zero-order chi connectivity index (χ0) is 17.1. The van der Waals surface area contributed by atoms with E-state index < -0.39 is 0 Å². The summed E-state index contributed by atoms with van der Waals surface area (Å²) in [5.41, 5.74) is 5.12. The molecule has 0 radical (unpaired) electrons. The predicted octanol–water partition coefficient (Wildman–Crippen LogP) is 3.50. The molecule has 0 bridgehead atoms. The summed E-state index contributed by atoms with van der Waals surface area (Å²) >= 11 is 0. The van der Waals surface area contributed by atoms with Gasteiger partial charge in [0.2, 0.25) is 0 Å². The van der Waals surface area contributed by atoms with E-state index in [2.05, 4.69) is 64.4 Å². The maximum absolute atomic E-state index is 4.51. The van der Waals surface area contributed by atoms with Crippen molar-refractivity contribution in [1.29, 1.82) is 0 Å². The van der Waals surface area contributed by atoms with Gasteiger partial charge >= 0.3 is 0 Å². The van der Waals surface area contributed by atoms with Gasteiger partial charge in [0.25, 0.3) is 0 Å². The van der Waals surface area contributed by atoms with Crippen LogP contribution < -0.4 is 4.90 Å². The van der Waals surface area contributed by atoms with E-state index in [0.29, 0.717) is 0 Å². The fraction of sp³-hybridized carbons (Fsp3) is 0.286. The van der Waals surface area contributed by atoms with Crippen LogP contribution in [0.15, 0.2) is 67.0 Å². The van der Waals surface area contributed by atoms with E-state index in [1.54, 1.807) is 0 Å². The summed E-state index contributed by atoms with van der Waals surface area (Å²) in [5, 5.41) is 4.51. The summed E-state index contributed by atoms with van der Waals surface area (Å²) in [4.78, 5) is 5.01. The van der Waals surface area contributed by atoms with Gasteiger partial charge in [0.05, 0.1) is 11.9 Å². The first-order valence-electron chi connectivity index (χ1n) is 8.91. The third-order valence-corrected chi connectivity index (χ3v) is 4.89. The second-order valence-electron chi connectivity index (χ2n) is 6.68. The largest absolute Gasteiger partial charge is 0.369 e. The maximum atomic E-state index is 4.51. The molecule has 0 aliphatic carbocycles. The molecule has 1 aromatic heterocycles. The van der Waals surface area contributed by atoms with Crippen molar-refractivity contribution in [3.63, 3.8) is 0 Å². The first-order valence-corrected chi connectivity index (χ1v) is 8.91. The highest BCUT2D eigenvalue weighted by Crippen LogP contribution is 2.21. The molecule has 25 heavy (non-hydrogen) atoms. The first kappa shape index (κ1) is 15.9. The van der Waals surface area contributed by atoms with Crippen LogP contribution in [-0.4, -0.2) is 40.9 Å². The van der Waals surface area contributed by atoms with Crippen LogP contribution in [0.2, 0.25) is 0 Å². The summed E-state index contributed by atoms with van der Waals surface area (Å²) in [6.45, 7) is 7.50. The highest BCUT2D eigenvalue weighted by molar-refractivity contribution is 5.53. The fourth-order valence-corrected chi connectivity index (χ4v) is 3.49. The summed E-state index contributed by atoms with van der Waals surface area (Å²) < 4.78 is 1.96. The van der Waals surface area contributed by atoms with Crippen LogP contribution in [0, 0.1) is 6.92 Å². The summed E-state index contributed by atoms with van der Waals surface area (Å²) in [6.07, 6.45) is 4.13. The number of hydrogen-bond acceptors (Lipinski definition) is 3. The Kier molecular flexibility index (Phi) is 4.53. The average molecular weight is 332 g/mol. The average Bonchev–Trinajstić information content (AvgIpc) is 3.12. The Bertz CT molecular complexity index is 817. The molecular formula is C21H24N4. The van der Waals surface area contributed by atoms with Crippen molar-refractivity contribution in [2.24, 2.45) is 0 Å². The summed E-state index contributed by atoms with van der Waals surface area (Å²) in [7, 11) is 0. The monoisotopic (exact) mass is 332 g/mol. The number of nitrogens with zero attached hydrogens (tertiary/aromatic N) is 4. The topological polar surface area (TPSA) is 24.3 Å². The summed E-state index contributed by atoms with van der Waals surface area (Å²) in [6, 6.07) is 18.9. The lowest BCUT2D eigenvalue weighted by molar-refractivity contribution is 0.250. The number of aryl methyl sites for hydroxylation is 1. The zero-order valence-electron chi connectivity index (χ0n) is 14.7. The molecule has 4 heteroatoms. The number of rotatable bonds is 4. The van der Waals surface area contributed by atoms with E-state index in [1.165, 1.54) is 16.8 Å². The van der Waals surface area contributed by atoms with Gasteiger partial charge in [-0.15, -0.1) is 0 Å². The molecule has 1 fully saturated rings. The Labute approximate surface area is 149 Å². The normalized spacial score (nSPS) is 15.5. The Balaban J connectivity index is 1.36. The second-order valence-corrected chi connectivity index (χ2v) is 6.68. The molecule has 2 heterocycles. The zero-order valence-corrected chi connectivity index (χ0v) is 14.7. The van der Waals surface area contributed by atoms with Crippen molar-refractivity contribution in [2.75, 3.05) is 31.1 Å². The molecular weight excluding hydrogens is 308 g/mol. The van der Waals surface area contributed by atoms with Crippen LogP contribution in [0.4, 0.5) is 5.69 Å². The van der Waals surface area contributed by atoms with Crippen LogP contribution in [0.25, 0.3) is 5.69 Å². The van der Waals surface area contributed by atoms with E-state index in [4.69, 9.17) is 0 Å². The molecule has 0 N–H and O–H groups in total. The number of piperazine rings is 1. The fourth-order valence-electron chi connectivity index (χ4n) is 3.49. The molecule has 1 aliphatic rings. The molecule has 0 atom stereocenters. The van der Waals surface area contributed by atoms with E-state index in [0.717, 1.165) is 38.4 Å². The molecule has 4 rings (SSSR count). The van der Waals surface area contributed by atoms with Crippen LogP contribution in [-0.2, 0) is 6.54 Å². The number of aromatic nitrogens is 2. The quantitative estimate of drug-likeness (QED) is 0.731. The Hall–Kier alpha value is -2.59. The molecule has 3 aromatic rings. The van der Waals surface area contributed by atoms with E-state index >= 15 is 0 Å². The predicted molar refractivity (Wildman–Crippen MR) is 102 cm³/mol. The van der Waals surface area contributed by atoms with Crippen molar-refractivity contribution in [2.45, 2.75) is 13.5 Å². The number of benzene rings is 2. The molecule has 1 aliphatic heterocycles. The van der Waals surface area contributed by atoms with Crippen molar-refractivity contribution >= 4 is 5.69 Å². The van der Waals surface area contributed by atoms with Crippen LogP contribution in [0.3, 0.4) is 0 Å². The van der Waals surface area contributed by atoms with Crippen molar-refractivity contribution < 1.29 is 0 Å². The van der Waals surface area contributed by atoms with Crippen LogP contribution in [0.1, 0.15) is 11.1 Å². The van der Waals surface area contributed by atoms with E-state index in [-0.39, 0.29) is 0 Å². The third kappa shape index (κ3) is 3.59. The maximum Gasteiger partial charge on any atom is 0.0645 e. The van der Waals surface area contributed by atoms with Crippen molar-refractivity contribution in [3.05, 3.63) is 78.1 Å². The lowest BCUT2D eigenvalue weighted by Crippen LogP contribution is -2.46. The van der Waals surface area contributed by atoms with E-state index in [1.807, 2.05) is 29.1 Å². The molecule has 128 valence electrons. The molecule has 0 unspecified atom stereocenters. The van der Waals surface area contributed by atoms with Crippen LogP contribution in [0.5, 0.6) is 0 Å². The highest BCUT2D eigenvalue weighted by Gasteiger charge is 2.18. The molecule has 2 aromatic carbocycles.